The van der Waals surface area contributed by atoms with Crippen molar-refractivity contribution in [3.63, 3.8) is 0 Å². The maximum absolute atomic E-state index is 11.1. The molecule has 0 aliphatic carbocycles. The Hall–Kier alpha value is -2.39. The van der Waals surface area contributed by atoms with Crippen LogP contribution in [-0.2, 0) is 6.42 Å². The van der Waals surface area contributed by atoms with E-state index in [1.807, 2.05) is 6.07 Å². The summed E-state index contributed by atoms with van der Waals surface area (Å²) in [6, 6.07) is 10.3. The Kier molecular flexibility index (Phi) is 4.33. The van der Waals surface area contributed by atoms with Crippen LogP contribution in [0.4, 0.5) is 0 Å². The molecule has 5 nitrogen and oxygen atoms in total. The molecule has 6 heteroatoms. The van der Waals surface area contributed by atoms with Crippen LogP contribution in [0.25, 0.3) is 0 Å². The molecule has 0 aliphatic rings. The zero-order chi connectivity index (χ0) is 14.5. The monoisotopic (exact) mass is 332 g/mol. The Morgan fingerprint density at radius 3 is 2.70 bits per heavy atom. The highest BCUT2D eigenvalue weighted by Gasteiger charge is 2.14. The number of rotatable bonds is 4. The fraction of sp³-hybridized carbons (Fsp3) is 0.0714. The minimum absolute atomic E-state index is 0.0220. The van der Waals surface area contributed by atoms with Crippen molar-refractivity contribution in [2.24, 2.45) is 0 Å². The molecule has 0 fully saturated rings. The van der Waals surface area contributed by atoms with Crippen molar-refractivity contribution in [3.8, 4) is 17.7 Å². The zero-order valence-electron chi connectivity index (χ0n) is 10.2. The molecule has 0 amide bonds. The molecular weight excluding hydrogens is 324 g/mol. The molecule has 1 heterocycles. The summed E-state index contributed by atoms with van der Waals surface area (Å²) < 4.78 is 6.02. The molecule has 2 rings (SSSR count). The van der Waals surface area contributed by atoms with Gasteiger partial charge in [-0.2, -0.15) is 5.26 Å². The molecule has 1 aromatic heterocycles. The van der Waals surface area contributed by atoms with Gasteiger partial charge in [-0.1, -0.05) is 12.1 Å². The van der Waals surface area contributed by atoms with Crippen LogP contribution in [0.2, 0.25) is 0 Å². The van der Waals surface area contributed by atoms with Gasteiger partial charge in [0.25, 0.3) is 0 Å². The molecule has 0 aliphatic heterocycles. The van der Waals surface area contributed by atoms with Crippen molar-refractivity contribution in [1.29, 1.82) is 5.26 Å². The smallest absolute Gasteiger partial charge is 0.341 e. The number of benzene rings is 1. The third-order valence-corrected chi connectivity index (χ3v) is 2.90. The zero-order valence-corrected chi connectivity index (χ0v) is 11.8. The van der Waals surface area contributed by atoms with Gasteiger partial charge in [-0.05, 0) is 39.7 Å². The van der Waals surface area contributed by atoms with Crippen LogP contribution in [0.15, 0.2) is 41.0 Å². The molecule has 1 N–H and O–H groups in total. The second kappa shape index (κ2) is 6.17. The molecular formula is C14H9BrN2O3. The minimum Gasteiger partial charge on any atom is -0.477 e. The van der Waals surface area contributed by atoms with Crippen LogP contribution in [0.3, 0.4) is 0 Å². The molecule has 20 heavy (non-hydrogen) atoms. The molecule has 100 valence electrons. The predicted octanol–water partition coefficient (Wildman–Crippen LogP) is 3.40. The number of hydrogen-bond donors (Lipinski definition) is 1. The average Bonchev–Trinajstić information content (AvgIpc) is 2.43. The topological polar surface area (TPSA) is 83.2 Å². The van der Waals surface area contributed by atoms with E-state index in [1.54, 1.807) is 24.3 Å². The highest BCUT2D eigenvalue weighted by Crippen LogP contribution is 2.25. The maximum atomic E-state index is 11.1. The van der Waals surface area contributed by atoms with E-state index >= 15 is 0 Å². The SMILES string of the molecule is N#CCc1ccc(Oc2ncc(Br)cc2C(=O)O)cc1. The van der Waals surface area contributed by atoms with Crippen molar-refractivity contribution >= 4 is 21.9 Å². The summed E-state index contributed by atoms with van der Waals surface area (Å²) in [5, 5.41) is 17.7. The number of carbonyl (C=O) groups is 1. The van der Waals surface area contributed by atoms with Crippen LogP contribution < -0.4 is 4.74 Å². The van der Waals surface area contributed by atoms with Crippen molar-refractivity contribution in [2.75, 3.05) is 0 Å². The third kappa shape index (κ3) is 3.33. The highest BCUT2D eigenvalue weighted by atomic mass is 79.9. The van der Waals surface area contributed by atoms with E-state index in [2.05, 4.69) is 20.9 Å². The Labute approximate surface area is 123 Å². The van der Waals surface area contributed by atoms with E-state index in [1.165, 1.54) is 12.3 Å². The van der Waals surface area contributed by atoms with Crippen LogP contribution in [0.5, 0.6) is 11.6 Å². The molecule has 1 aromatic carbocycles. The van der Waals surface area contributed by atoms with Gasteiger partial charge < -0.3 is 9.84 Å². The van der Waals surface area contributed by atoms with Gasteiger partial charge in [0.05, 0.1) is 12.5 Å². The van der Waals surface area contributed by atoms with Gasteiger partial charge in [0.15, 0.2) is 0 Å². The molecule has 2 aromatic rings. The van der Waals surface area contributed by atoms with Gasteiger partial charge in [-0.15, -0.1) is 0 Å². The number of nitrogens with zero attached hydrogens (tertiary/aromatic N) is 2. The average molecular weight is 333 g/mol. The largest absolute Gasteiger partial charge is 0.477 e. The first-order valence-electron chi connectivity index (χ1n) is 5.62. The van der Waals surface area contributed by atoms with Crippen LogP contribution >= 0.6 is 15.9 Å². The van der Waals surface area contributed by atoms with E-state index in [0.29, 0.717) is 16.6 Å². The number of hydrogen-bond acceptors (Lipinski definition) is 4. The number of aromatic nitrogens is 1. The fourth-order valence-corrected chi connectivity index (χ4v) is 1.87. The second-order valence-electron chi connectivity index (χ2n) is 3.89. The Bertz CT molecular complexity index is 678. The van der Waals surface area contributed by atoms with Crippen molar-refractivity contribution in [1.82, 2.24) is 4.98 Å². The summed E-state index contributed by atoms with van der Waals surface area (Å²) in [4.78, 5) is 15.1. The lowest BCUT2D eigenvalue weighted by Gasteiger charge is -2.08. The quantitative estimate of drug-likeness (QED) is 0.927. The number of ether oxygens (including phenoxy) is 1. The summed E-state index contributed by atoms with van der Waals surface area (Å²) in [5.74, 6) is -0.632. The standard InChI is InChI=1S/C14H9BrN2O3/c15-10-7-12(14(18)19)13(17-8-10)20-11-3-1-9(2-4-11)5-6-16/h1-4,7-8H,5H2,(H,18,19). The lowest BCUT2D eigenvalue weighted by atomic mass is 10.2. The summed E-state index contributed by atoms with van der Waals surface area (Å²) in [6.45, 7) is 0. The number of pyridine rings is 1. The molecule has 0 bridgehead atoms. The predicted molar refractivity (Wildman–Crippen MR) is 74.7 cm³/mol. The van der Waals surface area contributed by atoms with Gasteiger partial charge in [-0.3, -0.25) is 0 Å². The molecule has 0 unspecified atom stereocenters. The summed E-state index contributed by atoms with van der Waals surface area (Å²) >= 11 is 3.16. The van der Waals surface area contributed by atoms with E-state index in [9.17, 15) is 4.79 Å². The first kappa shape index (κ1) is 14.0. The van der Waals surface area contributed by atoms with E-state index < -0.39 is 5.97 Å². The van der Waals surface area contributed by atoms with Crippen LogP contribution in [0, 0.1) is 11.3 Å². The highest BCUT2D eigenvalue weighted by molar-refractivity contribution is 9.10. The Morgan fingerprint density at radius 2 is 2.10 bits per heavy atom. The first-order chi connectivity index (χ1) is 9.60. The Morgan fingerprint density at radius 1 is 1.40 bits per heavy atom. The number of carboxylic acids is 1. The van der Waals surface area contributed by atoms with Crippen molar-refractivity contribution < 1.29 is 14.6 Å². The number of aromatic carboxylic acids is 1. The summed E-state index contributed by atoms with van der Waals surface area (Å²) in [7, 11) is 0. The van der Waals surface area contributed by atoms with Gasteiger partial charge in [-0.25, -0.2) is 9.78 Å². The second-order valence-corrected chi connectivity index (χ2v) is 4.81. The summed E-state index contributed by atoms with van der Waals surface area (Å²) in [5.41, 5.74) is 0.836. The van der Waals surface area contributed by atoms with Gasteiger partial charge in [0.2, 0.25) is 5.88 Å². The van der Waals surface area contributed by atoms with E-state index in [-0.39, 0.29) is 11.4 Å². The Balaban J connectivity index is 2.26. The normalized spacial score (nSPS) is 9.80. The van der Waals surface area contributed by atoms with Gasteiger partial charge in [0, 0.05) is 10.7 Å². The molecule has 0 saturated carbocycles. The number of nitriles is 1. The number of carboxylic acid groups (broad SMARTS) is 1. The lowest BCUT2D eigenvalue weighted by molar-refractivity contribution is 0.0693. The number of halogens is 1. The third-order valence-electron chi connectivity index (χ3n) is 2.47. The summed E-state index contributed by atoms with van der Waals surface area (Å²) in [6.07, 6.45) is 1.78. The fourth-order valence-electron chi connectivity index (χ4n) is 1.54. The lowest BCUT2D eigenvalue weighted by Crippen LogP contribution is -2.02. The molecule has 0 atom stereocenters. The molecule has 0 radical (unpaired) electrons. The van der Waals surface area contributed by atoms with Gasteiger partial charge >= 0.3 is 5.97 Å². The minimum atomic E-state index is -1.12. The van der Waals surface area contributed by atoms with E-state index in [4.69, 9.17) is 15.1 Å². The maximum Gasteiger partial charge on any atom is 0.341 e. The van der Waals surface area contributed by atoms with Crippen LogP contribution in [0.1, 0.15) is 15.9 Å². The van der Waals surface area contributed by atoms with Gasteiger partial charge in [0.1, 0.15) is 11.3 Å². The molecule has 0 saturated heterocycles. The van der Waals surface area contributed by atoms with Crippen molar-refractivity contribution in [3.05, 3.63) is 52.1 Å². The first-order valence-corrected chi connectivity index (χ1v) is 6.42. The van der Waals surface area contributed by atoms with E-state index in [0.717, 1.165) is 5.56 Å². The van der Waals surface area contributed by atoms with Crippen LogP contribution in [-0.4, -0.2) is 16.1 Å². The van der Waals surface area contributed by atoms with Crippen molar-refractivity contribution in [2.45, 2.75) is 6.42 Å². The molecule has 0 spiro atoms.